The van der Waals surface area contributed by atoms with Crippen LogP contribution in [0.4, 0.5) is 0 Å². The average molecular weight is 556 g/mol. The number of rotatable bonds is 3. The summed E-state index contributed by atoms with van der Waals surface area (Å²) in [6.07, 6.45) is 2.17. The third kappa shape index (κ3) is 4.83. The van der Waals surface area contributed by atoms with Gasteiger partial charge in [-0.2, -0.15) is 0 Å². The Hall–Kier alpha value is -4.17. The molecule has 2 aromatic heterocycles. The normalized spacial score (nSPS) is 13.8. The van der Waals surface area contributed by atoms with E-state index < -0.39 is 6.85 Å². The molecule has 0 aliphatic carbocycles. The number of hydrogen-bond acceptors (Lipinski definition) is 1. The minimum Gasteiger partial charge on any atom is -0.455 e. The molecule has 0 spiro atoms. The van der Waals surface area contributed by atoms with Crippen LogP contribution < -0.4 is 4.57 Å². The molecule has 0 bridgehead atoms. The van der Waals surface area contributed by atoms with E-state index in [1.807, 2.05) is 30.3 Å². The Morgan fingerprint density at radius 2 is 1.43 bits per heavy atom. The second-order valence-corrected chi connectivity index (χ2v) is 13.7. The summed E-state index contributed by atoms with van der Waals surface area (Å²) >= 11 is 0. The van der Waals surface area contributed by atoms with Gasteiger partial charge < -0.3 is 4.42 Å². The Labute approximate surface area is 254 Å². The van der Waals surface area contributed by atoms with Gasteiger partial charge in [0.1, 0.15) is 18.2 Å². The molecule has 6 aromatic rings. The maximum absolute atomic E-state index is 8.55. The van der Waals surface area contributed by atoms with Crippen LogP contribution in [-0.2, 0) is 17.9 Å². The molecular formula is C40H42NO+. The molecule has 2 heteroatoms. The zero-order valence-corrected chi connectivity index (χ0v) is 26.0. The summed E-state index contributed by atoms with van der Waals surface area (Å²) in [6.45, 7) is 12.7. The van der Waals surface area contributed by atoms with Gasteiger partial charge in [-0.1, -0.05) is 108 Å². The van der Waals surface area contributed by atoms with Crippen LogP contribution in [0.25, 0.3) is 55.4 Å². The molecule has 0 aliphatic heterocycles. The molecule has 0 saturated carbocycles. The maximum Gasteiger partial charge on any atom is 0.216 e. The number of pyridine rings is 1. The van der Waals surface area contributed by atoms with Gasteiger partial charge in [-0.25, -0.2) is 4.57 Å². The van der Waals surface area contributed by atoms with Crippen LogP contribution >= 0.6 is 0 Å². The van der Waals surface area contributed by atoms with Gasteiger partial charge in [0, 0.05) is 26.5 Å². The fourth-order valence-electron chi connectivity index (χ4n) is 6.03. The summed E-state index contributed by atoms with van der Waals surface area (Å²) in [5, 5.41) is 2.13. The van der Waals surface area contributed by atoms with Crippen molar-refractivity contribution in [1.82, 2.24) is 0 Å². The van der Waals surface area contributed by atoms with Crippen molar-refractivity contribution in [3.8, 4) is 33.5 Å². The van der Waals surface area contributed by atoms with E-state index in [2.05, 4.69) is 121 Å². The summed E-state index contributed by atoms with van der Waals surface area (Å²) in [6, 6.07) is 29.2. The Kier molecular flexibility index (Phi) is 5.81. The minimum absolute atomic E-state index is 0.173. The Balaban J connectivity index is 1.63. The molecule has 0 amide bonds. The quantitative estimate of drug-likeness (QED) is 0.199. The standard InChI is InChI=1S/C40H42NO/c1-25-15-18-32-31-19-16-28(27-13-11-10-12-14-27)22-36(31)42-38(32)37(25)35-23-33(34(24-41(35)9)40(6,7)8)30-20-17-29(21-26(30)2)39(3,4)5/h10-24H,1-9H3/q+1/i2D3. The van der Waals surface area contributed by atoms with E-state index in [1.54, 1.807) is 0 Å². The second kappa shape index (κ2) is 9.98. The Morgan fingerprint density at radius 3 is 2.12 bits per heavy atom. The fraction of sp³-hybridized carbons (Fsp3) is 0.275. The molecule has 4 aromatic carbocycles. The first-order valence-corrected chi connectivity index (χ1v) is 14.8. The molecule has 212 valence electrons. The number of furan rings is 1. The molecule has 2 nitrogen and oxygen atoms in total. The van der Waals surface area contributed by atoms with Gasteiger partial charge in [0.05, 0.1) is 5.56 Å². The van der Waals surface area contributed by atoms with Crippen molar-refractivity contribution in [1.29, 1.82) is 0 Å². The van der Waals surface area contributed by atoms with Crippen LogP contribution in [0.5, 0.6) is 0 Å². The zero-order valence-electron chi connectivity index (χ0n) is 29.0. The fourth-order valence-corrected chi connectivity index (χ4v) is 6.03. The molecule has 0 saturated heterocycles. The lowest BCUT2D eigenvalue weighted by Gasteiger charge is -2.25. The van der Waals surface area contributed by atoms with Crippen LogP contribution in [0.15, 0.2) is 95.5 Å². The molecule has 0 atom stereocenters. The highest BCUT2D eigenvalue weighted by molar-refractivity contribution is 6.10. The van der Waals surface area contributed by atoms with Crippen molar-refractivity contribution >= 4 is 21.9 Å². The molecule has 0 fully saturated rings. The molecule has 2 heterocycles. The largest absolute Gasteiger partial charge is 0.455 e. The van der Waals surface area contributed by atoms with Crippen LogP contribution in [-0.4, -0.2) is 0 Å². The van der Waals surface area contributed by atoms with Crippen LogP contribution in [0, 0.1) is 13.8 Å². The van der Waals surface area contributed by atoms with E-state index in [9.17, 15) is 0 Å². The SMILES string of the molecule is [2H]C([2H])([2H])c1cc(C(C)(C)C)ccc1-c1cc(-c2c(C)ccc3c2oc2cc(-c4ccccc4)ccc23)[n+](C)cc1C(C)(C)C. The van der Waals surface area contributed by atoms with Gasteiger partial charge in [0.2, 0.25) is 5.69 Å². The van der Waals surface area contributed by atoms with Gasteiger partial charge in [0.25, 0.3) is 0 Å². The lowest BCUT2D eigenvalue weighted by Crippen LogP contribution is -2.34. The minimum atomic E-state index is -2.27. The summed E-state index contributed by atoms with van der Waals surface area (Å²) in [5.41, 5.74) is 10.8. The number of nitrogens with zero attached hydrogens (tertiary/aromatic N) is 1. The molecule has 0 aliphatic rings. The van der Waals surface area contributed by atoms with E-state index in [0.717, 1.165) is 72.1 Å². The monoisotopic (exact) mass is 555 g/mol. The summed E-state index contributed by atoms with van der Waals surface area (Å²) in [4.78, 5) is 0. The van der Waals surface area contributed by atoms with Gasteiger partial charge in [0.15, 0.2) is 6.20 Å². The third-order valence-corrected chi connectivity index (χ3v) is 8.47. The van der Waals surface area contributed by atoms with E-state index in [1.165, 1.54) is 0 Å². The van der Waals surface area contributed by atoms with E-state index in [-0.39, 0.29) is 10.8 Å². The third-order valence-electron chi connectivity index (χ3n) is 8.47. The molecular weight excluding hydrogens is 510 g/mol. The smallest absolute Gasteiger partial charge is 0.216 e. The van der Waals surface area contributed by atoms with E-state index in [0.29, 0.717) is 5.56 Å². The topological polar surface area (TPSA) is 17.0 Å². The second-order valence-electron chi connectivity index (χ2n) is 13.7. The number of aryl methyl sites for hydroxylation is 3. The highest BCUT2D eigenvalue weighted by Crippen LogP contribution is 2.41. The molecule has 42 heavy (non-hydrogen) atoms. The van der Waals surface area contributed by atoms with Crippen molar-refractivity contribution in [2.45, 2.75) is 66.1 Å². The first kappa shape index (κ1) is 24.4. The van der Waals surface area contributed by atoms with E-state index >= 15 is 0 Å². The number of fused-ring (bicyclic) bond motifs is 3. The van der Waals surface area contributed by atoms with Gasteiger partial charge >= 0.3 is 0 Å². The zero-order chi connectivity index (χ0) is 32.5. The number of benzene rings is 4. The first-order valence-electron chi connectivity index (χ1n) is 16.3. The van der Waals surface area contributed by atoms with Crippen molar-refractivity contribution in [2.24, 2.45) is 7.05 Å². The van der Waals surface area contributed by atoms with Crippen molar-refractivity contribution in [2.75, 3.05) is 0 Å². The molecule has 0 N–H and O–H groups in total. The first-order chi connectivity index (χ1) is 21.0. The van der Waals surface area contributed by atoms with Crippen LogP contribution in [0.2, 0.25) is 0 Å². The molecule has 0 radical (unpaired) electrons. The summed E-state index contributed by atoms with van der Waals surface area (Å²) in [5.74, 6) is 0. The summed E-state index contributed by atoms with van der Waals surface area (Å²) in [7, 11) is 2.07. The average Bonchev–Trinajstić information content (AvgIpc) is 3.34. The number of aromatic nitrogens is 1. The molecule has 0 unspecified atom stereocenters. The van der Waals surface area contributed by atoms with Crippen LogP contribution in [0.3, 0.4) is 0 Å². The lowest BCUT2D eigenvalue weighted by atomic mass is 9.79. The predicted molar refractivity (Wildman–Crippen MR) is 178 cm³/mol. The Morgan fingerprint density at radius 1 is 0.690 bits per heavy atom. The van der Waals surface area contributed by atoms with Gasteiger partial charge in [-0.15, -0.1) is 0 Å². The molecule has 6 rings (SSSR count). The highest BCUT2D eigenvalue weighted by atomic mass is 16.3. The maximum atomic E-state index is 8.55. The van der Waals surface area contributed by atoms with E-state index in [4.69, 9.17) is 8.53 Å². The van der Waals surface area contributed by atoms with Crippen molar-refractivity contribution < 1.29 is 13.1 Å². The highest BCUT2D eigenvalue weighted by Gasteiger charge is 2.28. The van der Waals surface area contributed by atoms with Gasteiger partial charge in [-0.05, 0) is 75.7 Å². The predicted octanol–water partition coefficient (Wildman–Crippen LogP) is 10.6. The number of hydrogen-bond donors (Lipinski definition) is 0. The summed E-state index contributed by atoms with van der Waals surface area (Å²) < 4.78 is 34.5. The lowest BCUT2D eigenvalue weighted by molar-refractivity contribution is -0.660. The van der Waals surface area contributed by atoms with Crippen LogP contribution in [0.1, 0.15) is 67.9 Å². The van der Waals surface area contributed by atoms with Crippen molar-refractivity contribution in [3.05, 3.63) is 113 Å². The van der Waals surface area contributed by atoms with Gasteiger partial charge in [-0.3, -0.25) is 0 Å². The Bertz CT molecular complexity index is 2070. The van der Waals surface area contributed by atoms with Crippen molar-refractivity contribution in [3.63, 3.8) is 0 Å².